The zero-order valence-corrected chi connectivity index (χ0v) is 17.8. The first-order valence-corrected chi connectivity index (χ1v) is 11.3. The minimum atomic E-state index is -3.83. The first kappa shape index (κ1) is 22.0. The number of ether oxygens (including phenoxy) is 1. The molecule has 0 radical (unpaired) electrons. The van der Waals surface area contributed by atoms with Crippen molar-refractivity contribution in [2.45, 2.75) is 50.1 Å². The van der Waals surface area contributed by atoms with E-state index in [1.165, 1.54) is 19.2 Å². The van der Waals surface area contributed by atoms with Gasteiger partial charge in [0.25, 0.3) is 5.69 Å². The number of sulfonamides is 1. The van der Waals surface area contributed by atoms with E-state index in [0.717, 1.165) is 37.3 Å². The average Bonchev–Trinajstić information content (AvgIpc) is 2.73. The molecule has 0 aliphatic heterocycles. The second-order valence-corrected chi connectivity index (χ2v) is 9.29. The van der Waals surface area contributed by atoms with Gasteiger partial charge >= 0.3 is 0 Å². The summed E-state index contributed by atoms with van der Waals surface area (Å²) in [5, 5.41) is 14.5. The number of rotatable bonds is 8. The number of nitro groups is 1. The number of hydrogen-bond acceptors (Lipinski definition) is 7. The van der Waals surface area contributed by atoms with Crippen LogP contribution in [0, 0.1) is 16.0 Å². The van der Waals surface area contributed by atoms with E-state index in [2.05, 4.69) is 21.9 Å². The van der Waals surface area contributed by atoms with Gasteiger partial charge in [0.2, 0.25) is 15.9 Å². The van der Waals surface area contributed by atoms with Crippen LogP contribution in [0.1, 0.15) is 38.2 Å². The van der Waals surface area contributed by atoms with Crippen molar-refractivity contribution in [3.8, 4) is 5.88 Å². The topological polar surface area (TPSA) is 123 Å². The number of nitrogens with one attached hydrogen (secondary N) is 2. The Hall–Kier alpha value is -2.72. The van der Waals surface area contributed by atoms with Gasteiger partial charge in [0.05, 0.1) is 16.9 Å². The molecule has 9 nitrogen and oxygen atoms in total. The van der Waals surface area contributed by atoms with Crippen molar-refractivity contribution >= 4 is 21.4 Å². The number of pyridine rings is 1. The molecule has 0 spiro atoms. The number of nitro benzene ring substituents is 1. The number of aromatic nitrogens is 1. The van der Waals surface area contributed by atoms with E-state index in [1.54, 1.807) is 18.3 Å². The summed E-state index contributed by atoms with van der Waals surface area (Å²) in [6, 6.07) is 7.25. The van der Waals surface area contributed by atoms with Crippen LogP contribution in [0.25, 0.3) is 0 Å². The van der Waals surface area contributed by atoms with E-state index < -0.39 is 14.9 Å². The van der Waals surface area contributed by atoms with E-state index in [0.29, 0.717) is 18.3 Å². The SMILES string of the molecule is COc1cc(CNc2ccc(S(=O)(=O)NC3CCC(C)CC3)cc2[N+](=O)[O-])ccn1. The summed E-state index contributed by atoms with van der Waals surface area (Å²) in [7, 11) is -2.33. The monoisotopic (exact) mass is 434 g/mol. The molecule has 2 N–H and O–H groups in total. The number of hydrogen-bond donors (Lipinski definition) is 2. The molecule has 1 aliphatic carbocycles. The highest BCUT2D eigenvalue weighted by Crippen LogP contribution is 2.29. The lowest BCUT2D eigenvalue weighted by molar-refractivity contribution is -0.384. The van der Waals surface area contributed by atoms with Gasteiger partial charge in [-0.3, -0.25) is 10.1 Å². The third-order valence-electron chi connectivity index (χ3n) is 5.31. The maximum absolute atomic E-state index is 12.7. The van der Waals surface area contributed by atoms with E-state index in [9.17, 15) is 18.5 Å². The van der Waals surface area contributed by atoms with E-state index in [4.69, 9.17) is 4.74 Å². The van der Waals surface area contributed by atoms with Crippen LogP contribution in [0.5, 0.6) is 5.88 Å². The Morgan fingerprint density at radius 3 is 2.60 bits per heavy atom. The molecule has 0 saturated heterocycles. The predicted octanol–water partition coefficient (Wildman–Crippen LogP) is 3.47. The van der Waals surface area contributed by atoms with Crippen molar-refractivity contribution < 1.29 is 18.1 Å². The zero-order chi connectivity index (χ0) is 21.7. The molecule has 10 heteroatoms. The Morgan fingerprint density at radius 1 is 1.20 bits per heavy atom. The largest absolute Gasteiger partial charge is 0.481 e. The normalized spacial score (nSPS) is 19.3. The molecular weight excluding hydrogens is 408 g/mol. The fourth-order valence-corrected chi connectivity index (χ4v) is 4.84. The van der Waals surface area contributed by atoms with Gasteiger partial charge < -0.3 is 10.1 Å². The van der Waals surface area contributed by atoms with Crippen molar-refractivity contribution in [1.29, 1.82) is 0 Å². The Morgan fingerprint density at radius 2 is 1.93 bits per heavy atom. The Balaban J connectivity index is 1.76. The van der Waals surface area contributed by atoms with Gasteiger partial charge in [-0.2, -0.15) is 0 Å². The molecule has 1 aromatic heterocycles. The van der Waals surface area contributed by atoms with Crippen LogP contribution in [0.2, 0.25) is 0 Å². The number of nitrogens with zero attached hydrogens (tertiary/aromatic N) is 2. The number of anilines is 1. The van der Waals surface area contributed by atoms with Gasteiger partial charge in [-0.15, -0.1) is 0 Å². The lowest BCUT2D eigenvalue weighted by Gasteiger charge is -2.26. The van der Waals surface area contributed by atoms with Crippen molar-refractivity contribution in [3.05, 3.63) is 52.2 Å². The first-order chi connectivity index (χ1) is 14.3. The van der Waals surface area contributed by atoms with Crippen LogP contribution in [-0.4, -0.2) is 31.5 Å². The third-order valence-corrected chi connectivity index (χ3v) is 6.82. The minimum Gasteiger partial charge on any atom is -0.481 e. The quantitative estimate of drug-likeness (QED) is 0.481. The second-order valence-electron chi connectivity index (χ2n) is 7.57. The van der Waals surface area contributed by atoms with Gasteiger partial charge in [-0.05, 0) is 55.4 Å². The highest BCUT2D eigenvalue weighted by atomic mass is 32.2. The van der Waals surface area contributed by atoms with Gasteiger partial charge in [-0.25, -0.2) is 18.1 Å². The molecule has 1 aromatic carbocycles. The molecule has 0 atom stereocenters. The third kappa shape index (κ3) is 5.45. The molecule has 1 aliphatic rings. The highest BCUT2D eigenvalue weighted by Gasteiger charge is 2.26. The number of benzene rings is 1. The van der Waals surface area contributed by atoms with Crippen molar-refractivity contribution in [2.75, 3.05) is 12.4 Å². The summed E-state index contributed by atoms with van der Waals surface area (Å²) >= 11 is 0. The fraction of sp³-hybridized carbons (Fsp3) is 0.450. The summed E-state index contributed by atoms with van der Waals surface area (Å²) in [4.78, 5) is 14.9. The Bertz CT molecular complexity index is 1000. The van der Waals surface area contributed by atoms with Gasteiger partial charge in [0, 0.05) is 30.9 Å². The summed E-state index contributed by atoms with van der Waals surface area (Å²) in [6.07, 6.45) is 5.07. The predicted molar refractivity (Wildman–Crippen MR) is 113 cm³/mol. The lowest BCUT2D eigenvalue weighted by Crippen LogP contribution is -2.37. The molecule has 1 fully saturated rings. The highest BCUT2D eigenvalue weighted by molar-refractivity contribution is 7.89. The molecule has 0 bridgehead atoms. The van der Waals surface area contributed by atoms with Crippen molar-refractivity contribution in [3.63, 3.8) is 0 Å². The maximum Gasteiger partial charge on any atom is 0.293 e. The maximum atomic E-state index is 12.7. The van der Waals surface area contributed by atoms with Gasteiger partial charge in [0.1, 0.15) is 5.69 Å². The molecule has 0 unspecified atom stereocenters. The van der Waals surface area contributed by atoms with Crippen molar-refractivity contribution in [1.82, 2.24) is 9.71 Å². The molecule has 30 heavy (non-hydrogen) atoms. The lowest BCUT2D eigenvalue weighted by atomic mass is 9.88. The van der Waals surface area contributed by atoms with Crippen LogP contribution in [0.3, 0.4) is 0 Å². The van der Waals surface area contributed by atoms with E-state index >= 15 is 0 Å². The fourth-order valence-electron chi connectivity index (χ4n) is 3.51. The molecule has 162 valence electrons. The van der Waals surface area contributed by atoms with Crippen LogP contribution in [-0.2, 0) is 16.6 Å². The standard InChI is InChI=1S/C20H26N4O5S/c1-14-3-5-16(6-4-14)23-30(27,28)17-7-8-18(19(12-17)24(25)26)22-13-15-9-10-21-20(11-15)29-2/h7-12,14,16,22-23H,3-6,13H2,1-2H3. The number of methoxy groups -OCH3 is 1. The summed E-state index contributed by atoms with van der Waals surface area (Å²) in [6.45, 7) is 2.45. The average molecular weight is 435 g/mol. The van der Waals surface area contributed by atoms with Gasteiger partial charge in [0.15, 0.2) is 0 Å². The van der Waals surface area contributed by atoms with Crippen LogP contribution < -0.4 is 14.8 Å². The smallest absolute Gasteiger partial charge is 0.293 e. The minimum absolute atomic E-state index is 0.107. The Kier molecular flexibility index (Phi) is 6.88. The van der Waals surface area contributed by atoms with E-state index in [1.807, 2.05) is 0 Å². The van der Waals surface area contributed by atoms with Crippen LogP contribution in [0.4, 0.5) is 11.4 Å². The molecule has 3 rings (SSSR count). The molecule has 1 heterocycles. The molecule has 2 aromatic rings. The molecule has 1 saturated carbocycles. The van der Waals surface area contributed by atoms with Gasteiger partial charge in [-0.1, -0.05) is 6.92 Å². The Labute approximate surface area is 176 Å². The zero-order valence-electron chi connectivity index (χ0n) is 17.0. The summed E-state index contributed by atoms with van der Waals surface area (Å²) < 4.78 is 33.3. The van der Waals surface area contributed by atoms with Crippen LogP contribution >= 0.6 is 0 Å². The van der Waals surface area contributed by atoms with Crippen molar-refractivity contribution in [2.24, 2.45) is 5.92 Å². The summed E-state index contributed by atoms with van der Waals surface area (Å²) in [5.41, 5.74) is 0.762. The molecule has 0 amide bonds. The van der Waals surface area contributed by atoms with E-state index in [-0.39, 0.29) is 22.3 Å². The second kappa shape index (κ2) is 9.40. The molecular formula is C20H26N4O5S. The van der Waals surface area contributed by atoms with Crippen LogP contribution in [0.15, 0.2) is 41.4 Å². The summed E-state index contributed by atoms with van der Waals surface area (Å²) in [5.74, 6) is 1.03. The first-order valence-electron chi connectivity index (χ1n) is 9.82.